The second-order valence-corrected chi connectivity index (χ2v) is 9.73. The Morgan fingerprint density at radius 1 is 0.781 bits per heavy atom. The minimum absolute atomic E-state index is 0.0857. The van der Waals surface area contributed by atoms with E-state index in [9.17, 15) is 31.0 Å². The van der Waals surface area contributed by atoms with Gasteiger partial charge in [0.2, 0.25) is 0 Å². The molecule has 9 nitrogen and oxygen atoms in total. The zero-order chi connectivity index (χ0) is 23.3. The van der Waals surface area contributed by atoms with Crippen molar-refractivity contribution in [2.75, 3.05) is 0 Å². The fourth-order valence-corrected chi connectivity index (χ4v) is 4.98. The molecule has 0 atom stereocenters. The number of aromatic hydroxyl groups is 1. The van der Waals surface area contributed by atoms with Gasteiger partial charge in [0, 0.05) is 16.2 Å². The first-order valence-corrected chi connectivity index (χ1v) is 11.9. The number of hydrogen-bond acceptors (Lipinski definition) is 9. The summed E-state index contributed by atoms with van der Waals surface area (Å²) in [6.07, 6.45) is 0. The number of benzene rings is 4. The molecule has 0 aliphatic carbocycles. The molecule has 0 aliphatic rings. The number of aryl methyl sites for hydroxylation is 1. The van der Waals surface area contributed by atoms with E-state index in [-0.39, 0.29) is 22.1 Å². The van der Waals surface area contributed by atoms with Gasteiger partial charge in [-0.3, -0.25) is 0 Å². The fourth-order valence-electron chi connectivity index (χ4n) is 3.50. The number of nitrogens with zero attached hydrogens (tertiary/aromatic N) is 2. The van der Waals surface area contributed by atoms with Crippen LogP contribution in [0.3, 0.4) is 0 Å². The van der Waals surface area contributed by atoms with E-state index in [1.165, 1.54) is 36.4 Å². The minimum Gasteiger partial charge on any atom is -0.744 e. The Morgan fingerprint density at radius 3 is 2.09 bits per heavy atom. The highest BCUT2D eigenvalue weighted by molar-refractivity contribution is 7.86. The Morgan fingerprint density at radius 2 is 1.44 bits per heavy atom. The summed E-state index contributed by atoms with van der Waals surface area (Å²) in [5.74, 6) is -0.405. The van der Waals surface area contributed by atoms with Crippen LogP contribution in [-0.2, 0) is 20.2 Å². The Balaban J connectivity index is 1.99. The summed E-state index contributed by atoms with van der Waals surface area (Å²) in [6, 6.07) is 14.1. The summed E-state index contributed by atoms with van der Waals surface area (Å²) in [4.78, 5) is -0.967. The molecular weight excluding hydrogens is 456 g/mol. The van der Waals surface area contributed by atoms with Crippen LogP contribution in [0, 0.1) is 6.92 Å². The molecule has 0 saturated heterocycles. The van der Waals surface area contributed by atoms with Crippen molar-refractivity contribution in [3.63, 3.8) is 0 Å². The van der Waals surface area contributed by atoms with E-state index in [0.717, 1.165) is 6.07 Å². The van der Waals surface area contributed by atoms with Crippen molar-refractivity contribution in [2.24, 2.45) is 10.2 Å². The van der Waals surface area contributed by atoms with Crippen molar-refractivity contribution in [2.45, 2.75) is 16.7 Å². The molecule has 0 radical (unpaired) electrons. The number of phenolic OH excluding ortho intramolecular Hbond substituents is 1. The number of phenols is 1. The second kappa shape index (κ2) is 7.64. The number of hydrogen-bond donors (Lipinski definition) is 1. The maximum atomic E-state index is 11.8. The molecule has 0 unspecified atom stereocenters. The lowest BCUT2D eigenvalue weighted by atomic mass is 10.1. The molecule has 0 aromatic heterocycles. The second-order valence-electron chi connectivity index (χ2n) is 7.03. The zero-order valence-corrected chi connectivity index (χ0v) is 18.0. The Bertz CT molecular complexity index is 1640. The van der Waals surface area contributed by atoms with E-state index in [0.29, 0.717) is 16.3 Å². The average Bonchev–Trinajstić information content (AvgIpc) is 2.71. The summed E-state index contributed by atoms with van der Waals surface area (Å²) >= 11 is 0. The average molecular weight is 470 g/mol. The molecule has 0 bridgehead atoms. The van der Waals surface area contributed by atoms with Crippen LogP contribution in [0.2, 0.25) is 0 Å². The van der Waals surface area contributed by atoms with Crippen molar-refractivity contribution >= 4 is 53.2 Å². The number of fused-ring (bicyclic) bond motifs is 2. The van der Waals surface area contributed by atoms with Crippen molar-refractivity contribution in [3.8, 4) is 5.75 Å². The van der Waals surface area contributed by atoms with Gasteiger partial charge < -0.3 is 14.2 Å². The highest BCUT2D eigenvalue weighted by Crippen LogP contribution is 2.41. The van der Waals surface area contributed by atoms with Gasteiger partial charge in [0.25, 0.3) is 0 Å². The molecule has 164 valence electrons. The van der Waals surface area contributed by atoms with Crippen LogP contribution in [0.5, 0.6) is 5.75 Å². The van der Waals surface area contributed by atoms with Crippen LogP contribution in [0.4, 0.5) is 11.4 Å². The van der Waals surface area contributed by atoms with E-state index in [2.05, 4.69) is 10.2 Å². The molecule has 0 fully saturated rings. The Labute approximate surface area is 183 Å². The molecule has 4 aromatic rings. The van der Waals surface area contributed by atoms with Crippen LogP contribution in [-0.4, -0.2) is 31.0 Å². The first-order chi connectivity index (χ1) is 15.0. The summed E-state index contributed by atoms with van der Waals surface area (Å²) in [5, 5.41) is 19.1. The SMILES string of the molecule is Cc1cc(S(=O)(=O)[O-])c2c(N=Nc3ccc(S(=O)(=O)[O-])c4ccccc34)c(O)ccc2c1. The Kier molecular flexibility index (Phi) is 5.21. The zero-order valence-electron chi connectivity index (χ0n) is 16.4. The standard InChI is InChI=1S/C21H16N2O7S2/c1-12-10-13-6-8-17(24)21(20(13)19(11-12)32(28,29)30)23-22-16-7-9-18(31(25,26)27)15-5-3-2-4-14(15)16/h2-11,24H,1H3,(H,25,26,27)(H,28,29,30)/p-2. The Hall–Kier alpha value is -3.38. The minimum atomic E-state index is -4.89. The van der Waals surface area contributed by atoms with Crippen LogP contribution in [0.25, 0.3) is 21.5 Å². The molecule has 32 heavy (non-hydrogen) atoms. The van der Waals surface area contributed by atoms with Crippen molar-refractivity contribution in [1.29, 1.82) is 0 Å². The van der Waals surface area contributed by atoms with Gasteiger partial charge in [0.15, 0.2) is 0 Å². The predicted molar refractivity (Wildman–Crippen MR) is 114 cm³/mol. The fraction of sp³-hybridized carbons (Fsp3) is 0.0476. The van der Waals surface area contributed by atoms with E-state index >= 15 is 0 Å². The molecule has 0 heterocycles. The summed E-state index contributed by atoms with van der Waals surface area (Å²) in [7, 11) is -9.63. The maximum Gasteiger partial charge on any atom is 0.143 e. The van der Waals surface area contributed by atoms with Crippen molar-refractivity contribution in [3.05, 3.63) is 66.2 Å². The third-order valence-electron chi connectivity index (χ3n) is 4.83. The van der Waals surface area contributed by atoms with Gasteiger partial charge in [0.1, 0.15) is 31.7 Å². The first kappa shape index (κ1) is 21.8. The molecule has 0 aliphatic heterocycles. The molecule has 4 rings (SSSR count). The van der Waals surface area contributed by atoms with E-state index in [1.54, 1.807) is 25.1 Å². The predicted octanol–water partition coefficient (Wildman–Crippen LogP) is 4.23. The van der Waals surface area contributed by atoms with Gasteiger partial charge in [-0.25, -0.2) is 16.8 Å². The summed E-state index contributed by atoms with van der Waals surface area (Å²) in [6.45, 7) is 1.62. The highest BCUT2D eigenvalue weighted by Gasteiger charge is 2.16. The molecule has 0 spiro atoms. The van der Waals surface area contributed by atoms with Crippen LogP contribution >= 0.6 is 0 Å². The van der Waals surface area contributed by atoms with Gasteiger partial charge in [0.05, 0.1) is 15.5 Å². The van der Waals surface area contributed by atoms with Gasteiger partial charge in [-0.15, -0.1) is 10.2 Å². The third kappa shape index (κ3) is 3.94. The summed E-state index contributed by atoms with van der Waals surface area (Å²) in [5.41, 5.74) is 0.463. The lowest BCUT2D eigenvalue weighted by Crippen LogP contribution is -2.00. The molecule has 4 aromatic carbocycles. The maximum absolute atomic E-state index is 11.8. The van der Waals surface area contributed by atoms with Crippen molar-refractivity contribution in [1.82, 2.24) is 0 Å². The van der Waals surface area contributed by atoms with Crippen LogP contribution in [0.15, 0.2) is 80.7 Å². The normalized spacial score (nSPS) is 12.7. The lowest BCUT2D eigenvalue weighted by molar-refractivity contribution is 0.461. The van der Waals surface area contributed by atoms with Gasteiger partial charge in [-0.2, -0.15) is 0 Å². The molecule has 0 amide bonds. The molecule has 0 saturated carbocycles. The summed E-state index contributed by atoms with van der Waals surface area (Å²) < 4.78 is 70.2. The van der Waals surface area contributed by atoms with Crippen molar-refractivity contribution < 1.29 is 31.0 Å². The third-order valence-corrected chi connectivity index (χ3v) is 6.59. The largest absolute Gasteiger partial charge is 0.744 e. The van der Waals surface area contributed by atoms with E-state index in [4.69, 9.17) is 0 Å². The van der Waals surface area contributed by atoms with Crippen LogP contribution in [0.1, 0.15) is 5.56 Å². The lowest BCUT2D eigenvalue weighted by Gasteiger charge is -2.14. The number of azo groups is 1. The highest BCUT2D eigenvalue weighted by atomic mass is 32.2. The molecule has 1 N–H and O–H groups in total. The molecule has 11 heteroatoms. The number of rotatable bonds is 4. The first-order valence-electron chi connectivity index (χ1n) is 9.08. The van der Waals surface area contributed by atoms with Gasteiger partial charge >= 0.3 is 0 Å². The van der Waals surface area contributed by atoms with E-state index in [1.807, 2.05) is 0 Å². The monoisotopic (exact) mass is 470 g/mol. The molecular formula is C21H14N2O7S2-2. The smallest absolute Gasteiger partial charge is 0.143 e. The van der Waals surface area contributed by atoms with Crippen LogP contribution < -0.4 is 0 Å². The van der Waals surface area contributed by atoms with Gasteiger partial charge in [-0.1, -0.05) is 36.4 Å². The van der Waals surface area contributed by atoms with E-state index < -0.39 is 35.8 Å². The topological polar surface area (TPSA) is 159 Å². The van der Waals surface area contributed by atoms with Gasteiger partial charge in [-0.05, 0) is 42.1 Å². The quantitative estimate of drug-likeness (QED) is 0.345.